The second-order valence-electron chi connectivity index (χ2n) is 5.13. The standard InChI is InChI=1S/C18H20O3/c1-13-5-3-4-6-16(13)17(18(19)20)12-9-14-7-10-15(21-2)11-8-14/h3-8,10-11,17H,9,12H2,1-2H3,(H,19,20). The van der Waals surface area contributed by atoms with Gasteiger partial charge in [0.15, 0.2) is 0 Å². The van der Waals surface area contributed by atoms with Gasteiger partial charge in [-0.05, 0) is 48.6 Å². The van der Waals surface area contributed by atoms with Crippen LogP contribution in [0.25, 0.3) is 0 Å². The Kier molecular flexibility index (Phi) is 4.99. The molecule has 0 bridgehead atoms. The molecule has 0 aliphatic carbocycles. The monoisotopic (exact) mass is 284 g/mol. The number of carboxylic acid groups (broad SMARTS) is 1. The molecule has 0 amide bonds. The van der Waals surface area contributed by atoms with E-state index in [1.807, 2.05) is 55.5 Å². The minimum atomic E-state index is -0.766. The second kappa shape index (κ2) is 6.93. The molecule has 0 spiro atoms. The number of carbonyl (C=O) groups is 1. The van der Waals surface area contributed by atoms with E-state index in [1.165, 1.54) is 0 Å². The van der Waals surface area contributed by atoms with Gasteiger partial charge in [-0.15, -0.1) is 0 Å². The van der Waals surface area contributed by atoms with Crippen molar-refractivity contribution in [1.29, 1.82) is 0 Å². The van der Waals surface area contributed by atoms with Crippen molar-refractivity contribution < 1.29 is 14.6 Å². The third kappa shape index (κ3) is 3.85. The van der Waals surface area contributed by atoms with E-state index in [-0.39, 0.29) is 0 Å². The van der Waals surface area contributed by atoms with Crippen LogP contribution in [0.2, 0.25) is 0 Å². The van der Waals surface area contributed by atoms with Crippen LogP contribution in [0.15, 0.2) is 48.5 Å². The van der Waals surface area contributed by atoms with Gasteiger partial charge in [0.2, 0.25) is 0 Å². The van der Waals surface area contributed by atoms with Crippen molar-refractivity contribution >= 4 is 5.97 Å². The van der Waals surface area contributed by atoms with Crippen molar-refractivity contribution in [3.05, 3.63) is 65.2 Å². The molecule has 0 aliphatic rings. The minimum absolute atomic E-state index is 0.465. The Morgan fingerprint density at radius 1 is 1.14 bits per heavy atom. The Morgan fingerprint density at radius 3 is 2.38 bits per heavy atom. The van der Waals surface area contributed by atoms with Crippen LogP contribution in [0.3, 0.4) is 0 Å². The number of ether oxygens (including phenoxy) is 1. The van der Waals surface area contributed by atoms with E-state index in [4.69, 9.17) is 4.74 Å². The molecule has 2 aromatic rings. The smallest absolute Gasteiger partial charge is 0.310 e. The predicted octanol–water partition coefficient (Wildman–Crippen LogP) is 3.80. The molecule has 1 atom stereocenters. The van der Waals surface area contributed by atoms with E-state index in [1.54, 1.807) is 7.11 Å². The second-order valence-corrected chi connectivity index (χ2v) is 5.13. The Bertz CT molecular complexity index is 602. The van der Waals surface area contributed by atoms with Crippen molar-refractivity contribution in [3.8, 4) is 5.75 Å². The molecule has 0 fully saturated rings. The summed E-state index contributed by atoms with van der Waals surface area (Å²) in [6.45, 7) is 1.96. The Balaban J connectivity index is 2.10. The molecule has 2 aromatic carbocycles. The lowest BCUT2D eigenvalue weighted by molar-refractivity contribution is -0.139. The van der Waals surface area contributed by atoms with Crippen LogP contribution in [-0.4, -0.2) is 18.2 Å². The molecule has 0 saturated carbocycles. The number of benzene rings is 2. The average molecular weight is 284 g/mol. The molecular formula is C18H20O3. The fourth-order valence-electron chi connectivity index (χ4n) is 2.49. The summed E-state index contributed by atoms with van der Waals surface area (Å²) in [4.78, 5) is 11.6. The van der Waals surface area contributed by atoms with Gasteiger partial charge in [-0.3, -0.25) is 4.79 Å². The highest BCUT2D eigenvalue weighted by Gasteiger charge is 2.21. The number of hydrogen-bond donors (Lipinski definition) is 1. The fraction of sp³-hybridized carbons (Fsp3) is 0.278. The normalized spacial score (nSPS) is 11.9. The largest absolute Gasteiger partial charge is 0.497 e. The molecule has 0 aromatic heterocycles. The first kappa shape index (κ1) is 15.1. The average Bonchev–Trinajstić information content (AvgIpc) is 2.49. The number of aliphatic carboxylic acids is 1. The van der Waals surface area contributed by atoms with Gasteiger partial charge in [0, 0.05) is 0 Å². The van der Waals surface area contributed by atoms with Gasteiger partial charge in [-0.1, -0.05) is 36.4 Å². The maximum absolute atomic E-state index is 11.6. The molecule has 1 unspecified atom stereocenters. The van der Waals surface area contributed by atoms with Crippen molar-refractivity contribution in [1.82, 2.24) is 0 Å². The number of methoxy groups -OCH3 is 1. The first-order chi connectivity index (χ1) is 10.1. The third-order valence-corrected chi connectivity index (χ3v) is 3.74. The maximum atomic E-state index is 11.6. The van der Waals surface area contributed by atoms with Crippen LogP contribution in [0, 0.1) is 6.92 Å². The number of hydrogen-bond acceptors (Lipinski definition) is 2. The molecular weight excluding hydrogens is 264 g/mol. The zero-order chi connectivity index (χ0) is 15.2. The highest BCUT2D eigenvalue weighted by atomic mass is 16.5. The molecule has 1 N–H and O–H groups in total. The van der Waals surface area contributed by atoms with Crippen LogP contribution in [0.1, 0.15) is 29.0 Å². The SMILES string of the molecule is COc1ccc(CCC(C(=O)O)c2ccccc2C)cc1. The highest BCUT2D eigenvalue weighted by molar-refractivity contribution is 5.76. The van der Waals surface area contributed by atoms with E-state index in [0.29, 0.717) is 6.42 Å². The molecule has 21 heavy (non-hydrogen) atoms. The predicted molar refractivity (Wildman–Crippen MR) is 82.9 cm³/mol. The number of carboxylic acids is 1. The van der Waals surface area contributed by atoms with Crippen LogP contribution in [-0.2, 0) is 11.2 Å². The summed E-state index contributed by atoms with van der Waals surface area (Å²) in [6.07, 6.45) is 1.32. The molecule has 0 aliphatic heterocycles. The zero-order valence-electron chi connectivity index (χ0n) is 12.4. The summed E-state index contributed by atoms with van der Waals surface area (Å²) >= 11 is 0. The van der Waals surface area contributed by atoms with E-state index in [9.17, 15) is 9.90 Å². The lowest BCUT2D eigenvalue weighted by Crippen LogP contribution is -2.13. The summed E-state index contributed by atoms with van der Waals surface area (Å²) in [5, 5.41) is 9.49. The molecule has 3 heteroatoms. The fourth-order valence-corrected chi connectivity index (χ4v) is 2.49. The van der Waals surface area contributed by atoms with Gasteiger partial charge in [0.05, 0.1) is 13.0 Å². The summed E-state index contributed by atoms with van der Waals surface area (Å²) in [5.41, 5.74) is 3.05. The molecule has 3 nitrogen and oxygen atoms in total. The molecule has 0 heterocycles. The van der Waals surface area contributed by atoms with Crippen LogP contribution >= 0.6 is 0 Å². The Morgan fingerprint density at radius 2 is 1.81 bits per heavy atom. The Labute approximate surface area is 125 Å². The van der Waals surface area contributed by atoms with E-state index in [2.05, 4.69) is 0 Å². The minimum Gasteiger partial charge on any atom is -0.497 e. The summed E-state index contributed by atoms with van der Waals surface area (Å²) in [7, 11) is 1.63. The zero-order valence-corrected chi connectivity index (χ0v) is 12.4. The van der Waals surface area contributed by atoms with Crippen LogP contribution in [0.4, 0.5) is 0 Å². The van der Waals surface area contributed by atoms with E-state index in [0.717, 1.165) is 28.9 Å². The molecule has 110 valence electrons. The summed E-state index contributed by atoms with van der Waals surface area (Å²) in [5.74, 6) is -0.418. The summed E-state index contributed by atoms with van der Waals surface area (Å²) < 4.78 is 5.12. The van der Waals surface area contributed by atoms with E-state index >= 15 is 0 Å². The van der Waals surface area contributed by atoms with Crippen molar-refractivity contribution in [2.75, 3.05) is 7.11 Å². The van der Waals surface area contributed by atoms with Crippen molar-refractivity contribution in [3.63, 3.8) is 0 Å². The quantitative estimate of drug-likeness (QED) is 0.877. The molecule has 0 saturated heterocycles. The van der Waals surface area contributed by atoms with E-state index < -0.39 is 11.9 Å². The summed E-state index contributed by atoms with van der Waals surface area (Å²) in [6, 6.07) is 15.5. The topological polar surface area (TPSA) is 46.5 Å². The first-order valence-electron chi connectivity index (χ1n) is 7.03. The highest BCUT2D eigenvalue weighted by Crippen LogP contribution is 2.25. The van der Waals surface area contributed by atoms with Crippen LogP contribution < -0.4 is 4.74 Å². The lowest BCUT2D eigenvalue weighted by Gasteiger charge is -2.15. The van der Waals surface area contributed by atoms with Gasteiger partial charge >= 0.3 is 5.97 Å². The van der Waals surface area contributed by atoms with Gasteiger partial charge in [-0.25, -0.2) is 0 Å². The number of aryl methyl sites for hydroxylation is 2. The first-order valence-corrected chi connectivity index (χ1v) is 7.03. The van der Waals surface area contributed by atoms with Gasteiger partial charge in [-0.2, -0.15) is 0 Å². The Hall–Kier alpha value is -2.29. The van der Waals surface area contributed by atoms with Gasteiger partial charge < -0.3 is 9.84 Å². The van der Waals surface area contributed by atoms with Gasteiger partial charge in [0.25, 0.3) is 0 Å². The lowest BCUT2D eigenvalue weighted by atomic mass is 9.89. The van der Waals surface area contributed by atoms with Crippen LogP contribution in [0.5, 0.6) is 5.75 Å². The third-order valence-electron chi connectivity index (χ3n) is 3.74. The maximum Gasteiger partial charge on any atom is 0.310 e. The van der Waals surface area contributed by atoms with Crippen molar-refractivity contribution in [2.45, 2.75) is 25.7 Å². The molecule has 0 radical (unpaired) electrons. The molecule has 2 rings (SSSR count). The number of rotatable bonds is 6. The van der Waals surface area contributed by atoms with Gasteiger partial charge in [0.1, 0.15) is 5.75 Å². The van der Waals surface area contributed by atoms with Crippen molar-refractivity contribution in [2.24, 2.45) is 0 Å².